The summed E-state index contributed by atoms with van der Waals surface area (Å²) in [6.07, 6.45) is 10.00. The van der Waals surface area contributed by atoms with Crippen LogP contribution in [0.1, 0.15) is 78.1 Å². The number of carbonyl (C=O) groups excluding carboxylic acids is 2. The van der Waals surface area contributed by atoms with Gasteiger partial charge < -0.3 is 14.5 Å². The van der Waals surface area contributed by atoms with Gasteiger partial charge in [-0.05, 0) is 89.5 Å². The van der Waals surface area contributed by atoms with Gasteiger partial charge in [0.2, 0.25) is 5.91 Å². The Morgan fingerprint density at radius 3 is 2.24 bits per heavy atom. The molecule has 0 spiro atoms. The van der Waals surface area contributed by atoms with Crippen LogP contribution in [-0.2, 0) is 19.4 Å². The molecule has 33 heavy (non-hydrogen) atoms. The summed E-state index contributed by atoms with van der Waals surface area (Å²) < 4.78 is 29.8. The molecule has 2 amide bonds. The molecule has 4 rings (SSSR count). The molecule has 0 radical (unpaired) electrons. The predicted octanol–water partition coefficient (Wildman–Crippen LogP) is 2.92. The molecular weight excluding hydrogens is 442 g/mol. The Morgan fingerprint density at radius 1 is 0.939 bits per heavy atom. The number of piperazine rings is 1. The molecule has 0 aromatic rings. The number of hydrogen-bond donors (Lipinski definition) is 1. The zero-order chi connectivity index (χ0) is 23.8. The number of hydrogen-bond acceptors (Lipinski definition) is 6. The quantitative estimate of drug-likeness (QED) is 0.663. The highest BCUT2D eigenvalue weighted by Gasteiger charge is 2.48. The van der Waals surface area contributed by atoms with E-state index in [2.05, 4.69) is 5.32 Å². The van der Waals surface area contributed by atoms with Crippen molar-refractivity contribution >= 4 is 21.8 Å². The average molecular weight is 484 g/mol. The first-order chi connectivity index (χ1) is 15.6. The largest absolute Gasteiger partial charge is 0.430 e. The van der Waals surface area contributed by atoms with Gasteiger partial charge in [0.1, 0.15) is 9.84 Å². The van der Waals surface area contributed by atoms with E-state index in [1.807, 2.05) is 16.7 Å². The van der Waals surface area contributed by atoms with E-state index < -0.39 is 9.84 Å². The lowest BCUT2D eigenvalue weighted by Crippen LogP contribution is -2.67. The molecule has 9 heteroatoms. The van der Waals surface area contributed by atoms with Crippen LogP contribution in [-0.4, -0.2) is 79.2 Å². The SMILES string of the molecule is CC(=O)N1C2CCC(C3CCC(S(C)(=O)=O)CC3)CC2N(C(=O)OC2CCCCN2)C[C@@H]1C. The van der Waals surface area contributed by atoms with E-state index in [1.165, 1.54) is 6.26 Å². The Hall–Kier alpha value is -1.35. The van der Waals surface area contributed by atoms with Crippen LogP contribution in [0, 0.1) is 11.8 Å². The van der Waals surface area contributed by atoms with Crippen molar-refractivity contribution in [1.82, 2.24) is 15.1 Å². The minimum Gasteiger partial charge on any atom is -0.430 e. The number of amides is 2. The minimum absolute atomic E-state index is 0.0294. The Labute approximate surface area is 198 Å². The van der Waals surface area contributed by atoms with Crippen LogP contribution in [0.3, 0.4) is 0 Å². The lowest BCUT2D eigenvalue weighted by molar-refractivity contribution is -0.143. The van der Waals surface area contributed by atoms with Gasteiger partial charge in [-0.25, -0.2) is 13.2 Å². The minimum atomic E-state index is -2.98. The molecule has 2 saturated carbocycles. The number of nitrogens with zero attached hydrogens (tertiary/aromatic N) is 2. The van der Waals surface area contributed by atoms with Gasteiger partial charge in [0.15, 0.2) is 6.23 Å². The molecule has 0 aromatic heterocycles. The summed E-state index contributed by atoms with van der Waals surface area (Å²) in [6.45, 7) is 5.03. The molecule has 4 unspecified atom stereocenters. The van der Waals surface area contributed by atoms with E-state index in [0.717, 1.165) is 70.8 Å². The summed E-state index contributed by atoms with van der Waals surface area (Å²) in [5.41, 5.74) is 0. The van der Waals surface area contributed by atoms with Gasteiger partial charge in [-0.2, -0.15) is 0 Å². The van der Waals surface area contributed by atoms with Crippen molar-refractivity contribution in [2.75, 3.05) is 19.3 Å². The van der Waals surface area contributed by atoms with Crippen molar-refractivity contribution in [2.24, 2.45) is 11.8 Å². The zero-order valence-corrected chi connectivity index (χ0v) is 21.2. The number of rotatable bonds is 3. The van der Waals surface area contributed by atoms with Crippen LogP contribution in [0.15, 0.2) is 0 Å². The summed E-state index contributed by atoms with van der Waals surface area (Å²) >= 11 is 0. The molecule has 2 saturated heterocycles. The molecule has 188 valence electrons. The molecule has 0 bridgehead atoms. The third kappa shape index (κ3) is 5.50. The predicted molar refractivity (Wildman–Crippen MR) is 126 cm³/mol. The number of fused-ring (bicyclic) bond motifs is 1. The maximum Gasteiger partial charge on any atom is 0.411 e. The Bertz CT molecular complexity index is 820. The van der Waals surface area contributed by atoms with Gasteiger partial charge in [-0.1, -0.05) is 0 Å². The first-order valence-electron chi connectivity index (χ1n) is 12.8. The molecule has 2 aliphatic heterocycles. The van der Waals surface area contributed by atoms with Crippen LogP contribution >= 0.6 is 0 Å². The molecule has 8 nitrogen and oxygen atoms in total. The number of sulfone groups is 1. The average Bonchev–Trinajstić information content (AvgIpc) is 2.78. The fraction of sp³-hybridized carbons (Fsp3) is 0.917. The second kappa shape index (κ2) is 10.1. The third-order valence-electron chi connectivity index (χ3n) is 8.61. The van der Waals surface area contributed by atoms with Crippen LogP contribution in [0.5, 0.6) is 0 Å². The Morgan fingerprint density at radius 2 is 1.64 bits per heavy atom. The smallest absolute Gasteiger partial charge is 0.411 e. The lowest BCUT2D eigenvalue weighted by atomic mass is 9.69. The van der Waals surface area contributed by atoms with Crippen LogP contribution < -0.4 is 5.32 Å². The van der Waals surface area contributed by atoms with Crippen molar-refractivity contribution < 1.29 is 22.7 Å². The molecule has 4 aliphatic rings. The molecule has 5 atom stereocenters. The summed E-state index contributed by atoms with van der Waals surface area (Å²) in [4.78, 5) is 29.7. The highest BCUT2D eigenvalue weighted by Crippen LogP contribution is 2.43. The highest BCUT2D eigenvalue weighted by atomic mass is 32.2. The van der Waals surface area contributed by atoms with Crippen molar-refractivity contribution in [1.29, 1.82) is 0 Å². The highest BCUT2D eigenvalue weighted by molar-refractivity contribution is 7.91. The van der Waals surface area contributed by atoms with Crippen LogP contribution in [0.4, 0.5) is 4.79 Å². The molecular formula is C24H41N3O5S. The fourth-order valence-corrected chi connectivity index (χ4v) is 8.07. The summed E-state index contributed by atoms with van der Waals surface area (Å²) in [5.74, 6) is 1.02. The standard InChI is InChI=1S/C24H41N3O5S/c1-16-15-26(24(29)32-23-6-4-5-13-25-23)22-14-19(9-12-21(22)27(16)17(2)28)18-7-10-20(11-8-18)33(3,30)31/h16,18-23,25H,4-15H2,1-3H3/t16-,18?,19?,20?,21?,22?,23?/m0/s1. The van der Waals surface area contributed by atoms with Crippen molar-refractivity contribution in [3.05, 3.63) is 0 Å². The van der Waals surface area contributed by atoms with Crippen molar-refractivity contribution in [3.63, 3.8) is 0 Å². The summed E-state index contributed by atoms with van der Waals surface area (Å²) in [7, 11) is -2.98. The monoisotopic (exact) mass is 483 g/mol. The second-order valence-electron chi connectivity index (χ2n) is 10.8. The number of carbonyl (C=O) groups is 2. The van der Waals surface area contributed by atoms with E-state index in [4.69, 9.17) is 4.74 Å². The molecule has 2 heterocycles. The van der Waals surface area contributed by atoms with Gasteiger partial charge in [-0.3, -0.25) is 10.1 Å². The van der Waals surface area contributed by atoms with E-state index in [1.54, 1.807) is 6.92 Å². The molecule has 4 fully saturated rings. The van der Waals surface area contributed by atoms with Crippen molar-refractivity contribution in [3.8, 4) is 0 Å². The number of nitrogens with one attached hydrogen (secondary N) is 1. The van der Waals surface area contributed by atoms with Gasteiger partial charge in [0, 0.05) is 25.8 Å². The zero-order valence-electron chi connectivity index (χ0n) is 20.4. The van der Waals surface area contributed by atoms with Crippen molar-refractivity contribution in [2.45, 2.75) is 108 Å². The maximum atomic E-state index is 13.3. The van der Waals surface area contributed by atoms with Gasteiger partial charge in [-0.15, -0.1) is 0 Å². The number of ether oxygens (including phenoxy) is 1. The molecule has 0 aromatic carbocycles. The van der Waals surface area contributed by atoms with Gasteiger partial charge in [0.05, 0.1) is 17.3 Å². The van der Waals surface area contributed by atoms with Gasteiger partial charge in [0.25, 0.3) is 0 Å². The van der Waals surface area contributed by atoms with Crippen LogP contribution in [0.2, 0.25) is 0 Å². The maximum absolute atomic E-state index is 13.3. The fourth-order valence-electron chi connectivity index (χ4n) is 6.94. The van der Waals surface area contributed by atoms with E-state index in [0.29, 0.717) is 18.4 Å². The lowest BCUT2D eigenvalue weighted by Gasteiger charge is -2.54. The van der Waals surface area contributed by atoms with E-state index >= 15 is 0 Å². The van der Waals surface area contributed by atoms with Crippen LogP contribution in [0.25, 0.3) is 0 Å². The molecule has 1 N–H and O–H groups in total. The van der Waals surface area contributed by atoms with Gasteiger partial charge >= 0.3 is 6.09 Å². The third-order valence-corrected chi connectivity index (χ3v) is 10.3. The van der Waals surface area contributed by atoms with E-state index in [-0.39, 0.29) is 41.6 Å². The summed E-state index contributed by atoms with van der Waals surface area (Å²) in [6, 6.07) is -0.0355. The summed E-state index contributed by atoms with van der Waals surface area (Å²) in [5, 5.41) is 3.09. The normalized spacial score (nSPS) is 37.8. The Kier molecular flexibility index (Phi) is 7.58. The first-order valence-corrected chi connectivity index (χ1v) is 14.8. The first kappa shape index (κ1) is 24.8. The number of piperidine rings is 1. The molecule has 2 aliphatic carbocycles. The Balaban J connectivity index is 1.46. The van der Waals surface area contributed by atoms with E-state index in [9.17, 15) is 18.0 Å². The topological polar surface area (TPSA) is 96.0 Å². The second-order valence-corrected chi connectivity index (χ2v) is 13.1.